The van der Waals surface area contributed by atoms with Crippen LogP contribution < -0.4 is 16.8 Å². The van der Waals surface area contributed by atoms with Crippen molar-refractivity contribution in [2.75, 3.05) is 5.32 Å². The molecule has 0 saturated carbocycles. The quantitative estimate of drug-likeness (QED) is 0.718. The number of anilines is 1. The van der Waals surface area contributed by atoms with Gasteiger partial charge in [-0.2, -0.15) is 0 Å². The minimum Gasteiger partial charge on any atom is -0.366 e. The van der Waals surface area contributed by atoms with E-state index in [1.54, 1.807) is 25.1 Å². The largest absolute Gasteiger partial charge is 0.366 e. The van der Waals surface area contributed by atoms with Gasteiger partial charge in [0.05, 0.1) is 0 Å². The van der Waals surface area contributed by atoms with Gasteiger partial charge in [-0.1, -0.05) is 19.4 Å². The van der Waals surface area contributed by atoms with Gasteiger partial charge in [0.25, 0.3) is 0 Å². The van der Waals surface area contributed by atoms with Gasteiger partial charge in [-0.05, 0) is 44.4 Å². The van der Waals surface area contributed by atoms with Gasteiger partial charge in [-0.25, -0.2) is 0 Å². The van der Waals surface area contributed by atoms with Gasteiger partial charge in [0.15, 0.2) is 0 Å². The van der Waals surface area contributed by atoms with Gasteiger partial charge < -0.3 is 16.8 Å². The van der Waals surface area contributed by atoms with E-state index >= 15 is 0 Å². The Morgan fingerprint density at radius 1 is 1.24 bits per heavy atom. The van der Waals surface area contributed by atoms with Crippen LogP contribution in [0.15, 0.2) is 18.2 Å². The molecule has 0 aliphatic rings. The Bertz CT molecular complexity index is 512. The molecule has 5 heteroatoms. The molecule has 116 valence electrons. The normalized spacial score (nSPS) is 13.5. The fourth-order valence-electron chi connectivity index (χ4n) is 2.17. The predicted octanol–water partition coefficient (Wildman–Crippen LogP) is 2.19. The molecule has 0 aliphatic heterocycles. The smallest absolute Gasteiger partial charge is 0.249 e. The molecule has 21 heavy (non-hydrogen) atoms. The van der Waals surface area contributed by atoms with Gasteiger partial charge in [-0.15, -0.1) is 0 Å². The highest BCUT2D eigenvalue weighted by Crippen LogP contribution is 2.20. The van der Waals surface area contributed by atoms with Crippen molar-refractivity contribution in [2.24, 2.45) is 17.4 Å². The minimum absolute atomic E-state index is 0.0515. The topological polar surface area (TPSA) is 98.2 Å². The molecule has 0 aromatic heterocycles. The van der Waals surface area contributed by atoms with Crippen molar-refractivity contribution in [2.45, 2.75) is 46.1 Å². The van der Waals surface area contributed by atoms with Crippen LogP contribution in [0.25, 0.3) is 0 Å². The lowest BCUT2D eigenvalue weighted by atomic mass is 10.0. The summed E-state index contributed by atoms with van der Waals surface area (Å²) < 4.78 is 0. The van der Waals surface area contributed by atoms with Crippen molar-refractivity contribution in [1.82, 2.24) is 0 Å². The molecule has 1 aromatic carbocycles. The van der Waals surface area contributed by atoms with Crippen molar-refractivity contribution < 1.29 is 9.59 Å². The van der Waals surface area contributed by atoms with Crippen LogP contribution in [0.2, 0.25) is 0 Å². The molecule has 2 amide bonds. The zero-order chi connectivity index (χ0) is 16.0. The van der Waals surface area contributed by atoms with E-state index in [1.807, 2.05) is 13.8 Å². The minimum atomic E-state index is -0.492. The second-order valence-electron chi connectivity index (χ2n) is 5.64. The van der Waals surface area contributed by atoms with E-state index in [9.17, 15) is 9.59 Å². The van der Waals surface area contributed by atoms with Gasteiger partial charge in [0.2, 0.25) is 11.8 Å². The van der Waals surface area contributed by atoms with E-state index in [2.05, 4.69) is 5.32 Å². The van der Waals surface area contributed by atoms with Crippen molar-refractivity contribution in [3.8, 4) is 0 Å². The lowest BCUT2D eigenvalue weighted by Gasteiger charge is -2.15. The second kappa shape index (κ2) is 7.78. The Labute approximate surface area is 126 Å². The Hall–Kier alpha value is -1.88. The zero-order valence-corrected chi connectivity index (χ0v) is 13.0. The maximum Gasteiger partial charge on any atom is 0.249 e. The van der Waals surface area contributed by atoms with Crippen LogP contribution in [0.4, 0.5) is 5.69 Å². The molecule has 1 rings (SSSR count). The number of rotatable bonds is 7. The van der Waals surface area contributed by atoms with E-state index in [4.69, 9.17) is 11.5 Å². The summed E-state index contributed by atoms with van der Waals surface area (Å²) in [7, 11) is 0. The summed E-state index contributed by atoms with van der Waals surface area (Å²) in [5.41, 5.74) is 12.8. The Kier molecular flexibility index (Phi) is 6.37. The SMILES string of the molecule is Cc1c(NC(=O)C(C)CCCC(C)N)cccc1C(N)=O. The number of hydrogen-bond donors (Lipinski definition) is 3. The summed E-state index contributed by atoms with van der Waals surface area (Å²) in [6.07, 6.45) is 2.63. The van der Waals surface area contributed by atoms with E-state index < -0.39 is 5.91 Å². The van der Waals surface area contributed by atoms with E-state index in [0.717, 1.165) is 19.3 Å². The monoisotopic (exact) mass is 291 g/mol. The van der Waals surface area contributed by atoms with Crippen LogP contribution in [0, 0.1) is 12.8 Å². The third-order valence-corrected chi connectivity index (χ3v) is 3.60. The predicted molar refractivity (Wildman–Crippen MR) is 85.0 cm³/mol. The average Bonchev–Trinajstić information content (AvgIpc) is 2.40. The van der Waals surface area contributed by atoms with Crippen LogP contribution in [-0.2, 0) is 4.79 Å². The number of carbonyl (C=O) groups excluding carboxylic acids is 2. The molecule has 1 aromatic rings. The lowest BCUT2D eigenvalue weighted by molar-refractivity contribution is -0.119. The van der Waals surface area contributed by atoms with Crippen molar-refractivity contribution in [1.29, 1.82) is 0 Å². The molecule has 0 fully saturated rings. The number of primary amides is 1. The lowest BCUT2D eigenvalue weighted by Crippen LogP contribution is -2.22. The van der Waals surface area contributed by atoms with E-state index in [-0.39, 0.29) is 17.9 Å². The van der Waals surface area contributed by atoms with Crippen molar-refractivity contribution in [3.05, 3.63) is 29.3 Å². The van der Waals surface area contributed by atoms with E-state index in [1.165, 1.54) is 0 Å². The third kappa shape index (κ3) is 5.19. The summed E-state index contributed by atoms with van der Waals surface area (Å²) in [5.74, 6) is -0.640. The molecule has 0 saturated heterocycles. The first kappa shape index (κ1) is 17.2. The number of hydrogen-bond acceptors (Lipinski definition) is 3. The molecule has 2 unspecified atom stereocenters. The molecule has 0 radical (unpaired) electrons. The highest BCUT2D eigenvalue weighted by atomic mass is 16.2. The molecule has 0 spiro atoms. The molecule has 2 atom stereocenters. The van der Waals surface area contributed by atoms with Gasteiger partial charge in [0.1, 0.15) is 0 Å². The fraction of sp³-hybridized carbons (Fsp3) is 0.500. The summed E-state index contributed by atoms with van der Waals surface area (Å²) in [6, 6.07) is 5.30. The first-order chi connectivity index (χ1) is 9.82. The summed E-state index contributed by atoms with van der Waals surface area (Å²) >= 11 is 0. The van der Waals surface area contributed by atoms with Gasteiger partial charge >= 0.3 is 0 Å². The van der Waals surface area contributed by atoms with Gasteiger partial charge in [0, 0.05) is 23.2 Å². The molecule has 5 N–H and O–H groups in total. The molecule has 0 heterocycles. The van der Waals surface area contributed by atoms with Crippen LogP contribution in [-0.4, -0.2) is 17.9 Å². The maximum absolute atomic E-state index is 12.2. The molecular formula is C16H25N3O2. The standard InChI is InChI=1S/C16H25N3O2/c1-10(6-4-7-11(2)17)16(21)19-14-9-5-8-13(12(14)3)15(18)20/h5,8-11H,4,6-7,17H2,1-3H3,(H2,18,20)(H,19,21). The fourth-order valence-corrected chi connectivity index (χ4v) is 2.17. The first-order valence-electron chi connectivity index (χ1n) is 7.28. The second-order valence-corrected chi connectivity index (χ2v) is 5.64. The van der Waals surface area contributed by atoms with Gasteiger partial charge in [-0.3, -0.25) is 9.59 Å². The summed E-state index contributed by atoms with van der Waals surface area (Å²) in [5, 5.41) is 2.87. The summed E-state index contributed by atoms with van der Waals surface area (Å²) in [6.45, 7) is 5.63. The average molecular weight is 291 g/mol. The van der Waals surface area contributed by atoms with Crippen molar-refractivity contribution >= 4 is 17.5 Å². The number of benzene rings is 1. The maximum atomic E-state index is 12.2. The number of amides is 2. The zero-order valence-electron chi connectivity index (χ0n) is 13.0. The van der Waals surface area contributed by atoms with Crippen LogP contribution in [0.5, 0.6) is 0 Å². The Morgan fingerprint density at radius 2 is 1.90 bits per heavy atom. The molecule has 0 bridgehead atoms. The van der Waals surface area contributed by atoms with Crippen LogP contribution >= 0.6 is 0 Å². The molecule has 5 nitrogen and oxygen atoms in total. The number of nitrogens with one attached hydrogen (secondary N) is 1. The van der Waals surface area contributed by atoms with Crippen LogP contribution in [0.1, 0.15) is 49.0 Å². The third-order valence-electron chi connectivity index (χ3n) is 3.60. The molecular weight excluding hydrogens is 266 g/mol. The van der Waals surface area contributed by atoms with Crippen LogP contribution in [0.3, 0.4) is 0 Å². The van der Waals surface area contributed by atoms with E-state index in [0.29, 0.717) is 16.8 Å². The number of nitrogens with two attached hydrogens (primary N) is 2. The van der Waals surface area contributed by atoms with Crippen molar-refractivity contribution in [3.63, 3.8) is 0 Å². The molecule has 0 aliphatic carbocycles. The highest BCUT2D eigenvalue weighted by Gasteiger charge is 2.15. The Balaban J connectivity index is 2.66. The summed E-state index contributed by atoms with van der Waals surface area (Å²) in [4.78, 5) is 23.5. The highest BCUT2D eigenvalue weighted by molar-refractivity contribution is 5.98. The Morgan fingerprint density at radius 3 is 2.48 bits per heavy atom. The first-order valence-corrected chi connectivity index (χ1v) is 7.28. The number of carbonyl (C=O) groups is 2.